The number of carbonyl (C=O) groups excluding carboxylic acids is 2. The fraction of sp³-hybridized carbons (Fsp3) is 0.160. The minimum Gasteiger partial charge on any atom is -0.465 e. The second-order valence-electron chi connectivity index (χ2n) is 8.43. The quantitative estimate of drug-likeness (QED) is 0.216. The summed E-state index contributed by atoms with van der Waals surface area (Å²) in [6.07, 6.45) is -1.20. The van der Waals surface area contributed by atoms with Crippen molar-refractivity contribution in [3.63, 3.8) is 0 Å². The lowest BCUT2D eigenvalue weighted by molar-refractivity contribution is -0.117. The highest BCUT2D eigenvalue weighted by molar-refractivity contribution is 6.53. The van der Waals surface area contributed by atoms with Crippen LogP contribution in [0, 0.1) is 12.8 Å². The Bertz CT molecular complexity index is 1410. The van der Waals surface area contributed by atoms with Crippen LogP contribution in [0.3, 0.4) is 0 Å². The smallest absolute Gasteiger partial charge is 0.409 e. The minimum absolute atomic E-state index is 0.114. The van der Waals surface area contributed by atoms with E-state index in [-0.39, 0.29) is 10.6 Å². The number of aryl methyl sites for hydroxylation is 1. The Kier molecular flexibility index (Phi) is 7.83. The van der Waals surface area contributed by atoms with E-state index in [9.17, 15) is 14.4 Å². The predicted octanol–water partition coefficient (Wildman–Crippen LogP) is 7.82. The first kappa shape index (κ1) is 27.4. The summed E-state index contributed by atoms with van der Waals surface area (Å²) in [6.45, 7) is 1.71. The Hall–Kier alpha value is -2.68. The molecule has 0 saturated heterocycles. The van der Waals surface area contributed by atoms with E-state index in [0.29, 0.717) is 38.2 Å². The van der Waals surface area contributed by atoms with E-state index in [1.165, 1.54) is 18.2 Å². The third kappa shape index (κ3) is 6.08. The Morgan fingerprint density at radius 1 is 0.838 bits per heavy atom. The molecular formula is C25H18Cl5N3O4. The van der Waals surface area contributed by atoms with Crippen LogP contribution in [0.1, 0.15) is 27.4 Å². The molecule has 4 N–H and O–H groups in total. The standard InChI is InChI=1S/C25H18Cl5N3O4/c1-11-6-15(32-24(36)37)3-5-19(11)33-22(34)17-10-16(2-4-18(17)28)31-23(35)21-20(25(21,29)30)12-7-13(26)9-14(27)8-12/h2-10,20-21,32H,1H3,(H,31,35)(H,33,34)(H,36,37)/t20-,21+/m0/s1. The van der Waals surface area contributed by atoms with Gasteiger partial charge in [-0.3, -0.25) is 14.9 Å². The van der Waals surface area contributed by atoms with E-state index in [1.54, 1.807) is 43.3 Å². The molecule has 3 aromatic carbocycles. The van der Waals surface area contributed by atoms with Gasteiger partial charge in [-0.1, -0.05) is 34.8 Å². The number of carboxylic acid groups (broad SMARTS) is 1. The maximum Gasteiger partial charge on any atom is 0.409 e. The molecule has 1 aliphatic carbocycles. The number of hydrogen-bond donors (Lipinski definition) is 4. The molecule has 0 unspecified atom stereocenters. The molecule has 1 fully saturated rings. The number of hydrogen-bond acceptors (Lipinski definition) is 3. The summed E-state index contributed by atoms with van der Waals surface area (Å²) in [4.78, 5) is 36.8. The first-order chi connectivity index (χ1) is 17.4. The van der Waals surface area contributed by atoms with E-state index in [0.717, 1.165) is 0 Å². The lowest BCUT2D eigenvalue weighted by Gasteiger charge is -2.12. The van der Waals surface area contributed by atoms with Crippen molar-refractivity contribution in [3.05, 3.63) is 86.4 Å². The predicted molar refractivity (Wildman–Crippen MR) is 148 cm³/mol. The van der Waals surface area contributed by atoms with Gasteiger partial charge < -0.3 is 15.7 Å². The highest BCUT2D eigenvalue weighted by atomic mass is 35.5. The van der Waals surface area contributed by atoms with Gasteiger partial charge in [0.2, 0.25) is 5.91 Å². The van der Waals surface area contributed by atoms with Crippen molar-refractivity contribution in [1.29, 1.82) is 0 Å². The number of amides is 3. The van der Waals surface area contributed by atoms with Crippen LogP contribution in [0.5, 0.6) is 0 Å². The van der Waals surface area contributed by atoms with Crippen LogP contribution in [0.4, 0.5) is 21.9 Å². The van der Waals surface area contributed by atoms with Gasteiger partial charge >= 0.3 is 6.09 Å². The number of alkyl halides is 2. The number of carbonyl (C=O) groups is 3. The SMILES string of the molecule is Cc1cc(NC(=O)O)ccc1NC(=O)c1cc(NC(=O)[C@H]2[C@H](c3cc(Cl)cc(Cl)c3)C2(Cl)Cl)ccc1Cl. The van der Waals surface area contributed by atoms with Crippen molar-refractivity contribution < 1.29 is 19.5 Å². The van der Waals surface area contributed by atoms with Crippen molar-refractivity contribution in [1.82, 2.24) is 0 Å². The number of benzene rings is 3. The molecule has 0 radical (unpaired) electrons. The fourth-order valence-corrected chi connectivity index (χ4v) is 5.59. The molecular weight excluding hydrogens is 584 g/mol. The molecule has 2 atom stereocenters. The summed E-state index contributed by atoms with van der Waals surface area (Å²) in [5.74, 6) is -2.27. The second kappa shape index (κ2) is 10.6. The molecule has 0 bridgehead atoms. The van der Waals surface area contributed by atoms with Gasteiger partial charge in [-0.2, -0.15) is 0 Å². The Morgan fingerprint density at radius 3 is 2.08 bits per heavy atom. The molecule has 0 spiro atoms. The average Bonchev–Trinajstić information content (AvgIpc) is 3.38. The van der Waals surface area contributed by atoms with Gasteiger partial charge in [0.15, 0.2) is 0 Å². The number of rotatable bonds is 6. The molecule has 0 heterocycles. The van der Waals surface area contributed by atoms with E-state index in [1.807, 2.05) is 0 Å². The highest BCUT2D eigenvalue weighted by Gasteiger charge is 2.67. The highest BCUT2D eigenvalue weighted by Crippen LogP contribution is 2.65. The lowest BCUT2D eigenvalue weighted by Crippen LogP contribution is -2.18. The van der Waals surface area contributed by atoms with E-state index in [4.69, 9.17) is 63.1 Å². The average molecular weight is 602 g/mol. The van der Waals surface area contributed by atoms with Crippen molar-refractivity contribution in [2.24, 2.45) is 5.92 Å². The van der Waals surface area contributed by atoms with Crippen LogP contribution in [-0.4, -0.2) is 27.3 Å². The largest absolute Gasteiger partial charge is 0.465 e. The van der Waals surface area contributed by atoms with Crippen LogP contribution in [0.25, 0.3) is 0 Å². The zero-order valence-corrected chi connectivity index (χ0v) is 22.7. The van der Waals surface area contributed by atoms with Crippen LogP contribution in [-0.2, 0) is 4.79 Å². The summed E-state index contributed by atoms with van der Waals surface area (Å²) in [5.41, 5.74) is 2.51. The van der Waals surface area contributed by atoms with Crippen molar-refractivity contribution in [2.45, 2.75) is 17.2 Å². The first-order valence-electron chi connectivity index (χ1n) is 10.7. The molecule has 0 aromatic heterocycles. The molecule has 4 rings (SSSR count). The maximum absolute atomic E-state index is 13.0. The minimum atomic E-state index is -1.36. The zero-order valence-electron chi connectivity index (χ0n) is 18.9. The third-order valence-corrected chi connectivity index (χ3v) is 7.49. The Morgan fingerprint density at radius 2 is 1.46 bits per heavy atom. The number of halogens is 5. The van der Waals surface area contributed by atoms with Crippen molar-refractivity contribution >= 4 is 93.0 Å². The Balaban J connectivity index is 1.49. The van der Waals surface area contributed by atoms with Crippen LogP contribution >= 0.6 is 58.0 Å². The van der Waals surface area contributed by atoms with Crippen LogP contribution in [0.15, 0.2) is 54.6 Å². The molecule has 37 heavy (non-hydrogen) atoms. The number of nitrogens with one attached hydrogen (secondary N) is 3. The topological polar surface area (TPSA) is 108 Å². The van der Waals surface area contributed by atoms with E-state index < -0.39 is 34.1 Å². The van der Waals surface area contributed by atoms with Crippen molar-refractivity contribution in [3.8, 4) is 0 Å². The summed E-state index contributed by atoms with van der Waals surface area (Å²) < 4.78 is -1.36. The van der Waals surface area contributed by atoms with E-state index in [2.05, 4.69) is 16.0 Å². The van der Waals surface area contributed by atoms with Gasteiger partial charge in [0.1, 0.15) is 4.33 Å². The van der Waals surface area contributed by atoms with Crippen LogP contribution < -0.4 is 16.0 Å². The lowest BCUT2D eigenvalue weighted by atomic mass is 10.1. The number of anilines is 3. The fourth-order valence-electron chi connectivity index (χ4n) is 4.01. The zero-order chi connectivity index (χ0) is 27.1. The first-order valence-corrected chi connectivity index (χ1v) is 12.6. The van der Waals surface area contributed by atoms with Gasteiger partial charge in [0, 0.05) is 33.0 Å². The van der Waals surface area contributed by atoms with Crippen LogP contribution in [0.2, 0.25) is 15.1 Å². The Labute approximate surface area is 237 Å². The molecule has 7 nitrogen and oxygen atoms in total. The molecule has 3 aromatic rings. The summed E-state index contributed by atoms with van der Waals surface area (Å²) in [5, 5.41) is 17.5. The summed E-state index contributed by atoms with van der Waals surface area (Å²) in [7, 11) is 0. The summed E-state index contributed by atoms with van der Waals surface area (Å²) in [6, 6.07) is 14.0. The second-order valence-corrected chi connectivity index (χ2v) is 11.2. The molecule has 1 saturated carbocycles. The molecule has 12 heteroatoms. The van der Waals surface area contributed by atoms with Gasteiger partial charge in [-0.25, -0.2) is 4.79 Å². The molecule has 3 amide bonds. The normalized spacial score (nSPS) is 17.6. The van der Waals surface area contributed by atoms with Gasteiger partial charge in [-0.15, -0.1) is 23.2 Å². The van der Waals surface area contributed by atoms with E-state index >= 15 is 0 Å². The molecule has 0 aliphatic heterocycles. The summed E-state index contributed by atoms with van der Waals surface area (Å²) >= 11 is 31.3. The molecule has 1 aliphatic rings. The van der Waals surface area contributed by atoms with Gasteiger partial charge in [-0.05, 0) is 72.6 Å². The third-order valence-electron chi connectivity index (χ3n) is 5.78. The van der Waals surface area contributed by atoms with Crippen molar-refractivity contribution in [2.75, 3.05) is 16.0 Å². The van der Waals surface area contributed by atoms with Gasteiger partial charge in [0.05, 0.1) is 16.5 Å². The maximum atomic E-state index is 13.0. The van der Waals surface area contributed by atoms with Gasteiger partial charge in [0.25, 0.3) is 5.91 Å². The molecule has 192 valence electrons. The monoisotopic (exact) mass is 599 g/mol.